The van der Waals surface area contributed by atoms with Crippen molar-refractivity contribution in [1.29, 1.82) is 0 Å². The Morgan fingerprint density at radius 1 is 1.04 bits per heavy atom. The molecule has 0 aliphatic carbocycles. The first kappa shape index (κ1) is 16.8. The summed E-state index contributed by atoms with van der Waals surface area (Å²) in [5.74, 6) is -0.792. The van der Waals surface area contributed by atoms with Crippen molar-refractivity contribution in [2.45, 2.75) is 12.1 Å². The highest BCUT2D eigenvalue weighted by Gasteiger charge is 2.40. The number of hydrogen-bond acceptors (Lipinski definition) is 5. The van der Waals surface area contributed by atoms with Crippen LogP contribution in [0.25, 0.3) is 0 Å². The van der Waals surface area contributed by atoms with Crippen LogP contribution in [0.5, 0.6) is 0 Å². The molecule has 1 saturated heterocycles. The summed E-state index contributed by atoms with van der Waals surface area (Å²) in [7, 11) is -3.27. The molecule has 0 aromatic heterocycles. The van der Waals surface area contributed by atoms with Gasteiger partial charge in [0, 0.05) is 10.7 Å². The van der Waals surface area contributed by atoms with Gasteiger partial charge in [-0.1, -0.05) is 29.8 Å². The van der Waals surface area contributed by atoms with E-state index < -0.39 is 28.0 Å². The van der Waals surface area contributed by atoms with Crippen molar-refractivity contribution in [2.75, 3.05) is 16.8 Å². The predicted octanol–water partition coefficient (Wildman–Crippen LogP) is 2.77. The molecule has 1 N–H and O–H groups in total. The Balaban J connectivity index is 1.74. The quantitative estimate of drug-likeness (QED) is 0.843. The number of halogens is 1. The first-order valence-corrected chi connectivity index (χ1v) is 9.61. The molecule has 3 rings (SSSR count). The fourth-order valence-corrected chi connectivity index (χ4v) is 4.51. The van der Waals surface area contributed by atoms with Gasteiger partial charge in [0.05, 0.1) is 23.1 Å². The fraction of sp³-hybridized carbons (Fsp3) is 0.235. The topological polar surface area (TPSA) is 72.5 Å². The molecule has 126 valence electrons. The summed E-state index contributed by atoms with van der Waals surface area (Å²) in [6, 6.07) is 14.9. The van der Waals surface area contributed by atoms with Gasteiger partial charge in [-0.15, -0.1) is 0 Å². The molecule has 1 heterocycles. The van der Waals surface area contributed by atoms with Crippen LogP contribution in [0.3, 0.4) is 0 Å². The van der Waals surface area contributed by atoms with Gasteiger partial charge in [-0.3, -0.25) is 0 Å². The van der Waals surface area contributed by atoms with Gasteiger partial charge >= 0.3 is 5.97 Å². The normalized spacial score (nSPS) is 22.0. The maximum atomic E-state index is 12.2. The number of carbonyl (C=O) groups excluding carboxylic acids is 1. The Morgan fingerprint density at radius 3 is 2.38 bits per heavy atom. The van der Waals surface area contributed by atoms with E-state index in [0.717, 1.165) is 5.69 Å². The highest BCUT2D eigenvalue weighted by atomic mass is 35.5. The lowest BCUT2D eigenvalue weighted by atomic mass is 10.2. The lowest BCUT2D eigenvalue weighted by molar-refractivity contribution is 0.0337. The average molecular weight is 366 g/mol. The molecular weight excluding hydrogens is 350 g/mol. The van der Waals surface area contributed by atoms with E-state index in [2.05, 4.69) is 5.32 Å². The molecule has 0 bridgehead atoms. The third-order valence-electron chi connectivity index (χ3n) is 3.76. The molecule has 0 saturated carbocycles. The van der Waals surface area contributed by atoms with Crippen LogP contribution in [0, 0.1) is 0 Å². The SMILES string of the molecule is O=C(OC1CS(=O)(=O)CC1Nc1ccc(Cl)cc1)c1ccccc1. The van der Waals surface area contributed by atoms with Gasteiger partial charge < -0.3 is 10.1 Å². The zero-order valence-corrected chi connectivity index (χ0v) is 14.3. The van der Waals surface area contributed by atoms with Crippen LogP contribution in [-0.4, -0.2) is 38.0 Å². The number of ether oxygens (including phenoxy) is 1. The maximum Gasteiger partial charge on any atom is 0.338 e. The number of carbonyl (C=O) groups is 1. The Kier molecular flexibility index (Phi) is 4.78. The molecule has 2 aromatic rings. The Bertz CT molecular complexity index is 821. The number of nitrogens with one attached hydrogen (secondary N) is 1. The number of rotatable bonds is 4. The Hall–Kier alpha value is -2.05. The summed E-state index contributed by atoms with van der Waals surface area (Å²) < 4.78 is 29.4. The fourth-order valence-electron chi connectivity index (χ4n) is 2.61. The van der Waals surface area contributed by atoms with Crippen LogP contribution in [0.2, 0.25) is 5.02 Å². The lowest BCUT2D eigenvalue weighted by Crippen LogP contribution is -2.35. The summed E-state index contributed by atoms with van der Waals surface area (Å²) in [5.41, 5.74) is 1.12. The number of anilines is 1. The molecule has 0 radical (unpaired) electrons. The second-order valence-electron chi connectivity index (χ2n) is 5.64. The molecule has 2 aromatic carbocycles. The van der Waals surface area contributed by atoms with E-state index in [9.17, 15) is 13.2 Å². The summed E-state index contributed by atoms with van der Waals surface area (Å²) in [4.78, 5) is 12.2. The van der Waals surface area contributed by atoms with Crippen molar-refractivity contribution >= 4 is 33.1 Å². The van der Waals surface area contributed by atoms with Gasteiger partial charge in [0.25, 0.3) is 0 Å². The van der Waals surface area contributed by atoms with Crippen molar-refractivity contribution in [1.82, 2.24) is 0 Å². The van der Waals surface area contributed by atoms with Crippen LogP contribution in [-0.2, 0) is 14.6 Å². The molecule has 1 aliphatic heterocycles. The number of benzene rings is 2. The molecule has 1 fully saturated rings. The first-order chi connectivity index (χ1) is 11.4. The smallest absolute Gasteiger partial charge is 0.338 e. The first-order valence-electron chi connectivity index (χ1n) is 7.41. The van der Waals surface area contributed by atoms with Gasteiger partial charge in [-0.25, -0.2) is 13.2 Å². The highest BCUT2D eigenvalue weighted by Crippen LogP contribution is 2.22. The maximum absolute atomic E-state index is 12.2. The molecule has 7 heteroatoms. The standard InChI is InChI=1S/C17H16ClNO4S/c18-13-6-8-14(9-7-13)19-15-10-24(21,22)11-16(15)23-17(20)12-4-2-1-3-5-12/h1-9,15-16,19H,10-11H2. The summed E-state index contributed by atoms with van der Waals surface area (Å²) >= 11 is 5.85. The average Bonchev–Trinajstić information content (AvgIpc) is 2.84. The van der Waals surface area contributed by atoms with Gasteiger partial charge in [0.2, 0.25) is 0 Å². The largest absolute Gasteiger partial charge is 0.455 e. The summed E-state index contributed by atoms with van der Waals surface area (Å²) in [6.45, 7) is 0. The van der Waals surface area contributed by atoms with Crippen molar-refractivity contribution in [3.8, 4) is 0 Å². The zero-order valence-electron chi connectivity index (χ0n) is 12.7. The zero-order chi connectivity index (χ0) is 17.2. The molecule has 1 aliphatic rings. The van der Waals surface area contributed by atoms with Crippen LogP contribution >= 0.6 is 11.6 Å². The third kappa shape index (κ3) is 4.07. The molecule has 2 unspecified atom stereocenters. The van der Waals surface area contributed by atoms with E-state index in [-0.39, 0.29) is 11.5 Å². The van der Waals surface area contributed by atoms with Crippen LogP contribution in [0.1, 0.15) is 10.4 Å². The van der Waals surface area contributed by atoms with Crippen LogP contribution in [0.15, 0.2) is 54.6 Å². The minimum absolute atomic E-state index is 0.0810. The minimum Gasteiger partial charge on any atom is -0.455 e. The van der Waals surface area contributed by atoms with E-state index in [4.69, 9.17) is 16.3 Å². The Morgan fingerprint density at radius 2 is 1.71 bits per heavy atom. The van der Waals surface area contributed by atoms with Crippen molar-refractivity contribution in [2.24, 2.45) is 0 Å². The summed E-state index contributed by atoms with van der Waals surface area (Å²) in [6.07, 6.45) is -0.738. The molecule has 0 spiro atoms. The lowest BCUT2D eigenvalue weighted by Gasteiger charge is -2.21. The van der Waals surface area contributed by atoms with Crippen molar-refractivity contribution in [3.63, 3.8) is 0 Å². The van der Waals surface area contributed by atoms with Crippen molar-refractivity contribution in [3.05, 3.63) is 65.2 Å². The third-order valence-corrected chi connectivity index (χ3v) is 5.72. The highest BCUT2D eigenvalue weighted by molar-refractivity contribution is 7.91. The Labute approximate surface area is 145 Å². The van der Waals surface area contributed by atoms with Gasteiger partial charge in [0.1, 0.15) is 6.10 Å². The second kappa shape index (κ2) is 6.83. The van der Waals surface area contributed by atoms with Crippen molar-refractivity contribution < 1.29 is 17.9 Å². The number of esters is 1. The van der Waals surface area contributed by atoms with E-state index in [1.165, 1.54) is 0 Å². The van der Waals surface area contributed by atoms with E-state index >= 15 is 0 Å². The molecule has 5 nitrogen and oxygen atoms in total. The van der Waals surface area contributed by atoms with E-state index in [1.54, 1.807) is 54.6 Å². The summed E-state index contributed by atoms with van der Waals surface area (Å²) in [5, 5.41) is 3.71. The van der Waals surface area contributed by atoms with E-state index in [0.29, 0.717) is 10.6 Å². The van der Waals surface area contributed by atoms with Gasteiger partial charge in [-0.05, 0) is 36.4 Å². The molecule has 24 heavy (non-hydrogen) atoms. The van der Waals surface area contributed by atoms with Gasteiger partial charge in [-0.2, -0.15) is 0 Å². The van der Waals surface area contributed by atoms with Crippen LogP contribution in [0.4, 0.5) is 5.69 Å². The number of sulfone groups is 1. The molecule has 0 amide bonds. The molecule has 2 atom stereocenters. The van der Waals surface area contributed by atoms with Gasteiger partial charge in [0.15, 0.2) is 9.84 Å². The van der Waals surface area contributed by atoms with Crippen LogP contribution < -0.4 is 5.32 Å². The monoisotopic (exact) mass is 365 g/mol. The molecular formula is C17H16ClNO4S. The minimum atomic E-state index is -3.27. The predicted molar refractivity (Wildman–Crippen MR) is 93.2 cm³/mol. The second-order valence-corrected chi connectivity index (χ2v) is 8.23. The number of hydrogen-bond donors (Lipinski definition) is 1. The van der Waals surface area contributed by atoms with E-state index in [1.807, 2.05) is 0 Å².